The van der Waals surface area contributed by atoms with Crippen molar-refractivity contribution in [1.29, 1.82) is 0 Å². The number of hydrogen-bond acceptors (Lipinski definition) is 2. The second kappa shape index (κ2) is 5.07. The Kier molecular flexibility index (Phi) is 4.03. The molecule has 0 bridgehead atoms. The predicted octanol–water partition coefficient (Wildman–Crippen LogP) is 2.62. The largest absolute Gasteiger partial charge is 0.469 e. The molecule has 2 unspecified atom stereocenters. The van der Waals surface area contributed by atoms with E-state index >= 15 is 0 Å². The second-order valence-corrected chi connectivity index (χ2v) is 3.57. The summed E-state index contributed by atoms with van der Waals surface area (Å²) in [5, 5.41) is 9.67. The Bertz CT molecular complexity index is 216. The normalized spacial score (nSPS) is 15.6. The molecule has 0 aliphatic rings. The monoisotopic (exact) mass is 182 g/mol. The summed E-state index contributed by atoms with van der Waals surface area (Å²) in [6, 6.07) is 3.83. The van der Waals surface area contributed by atoms with E-state index in [0.717, 1.165) is 25.0 Å². The van der Waals surface area contributed by atoms with Crippen molar-refractivity contribution in [2.24, 2.45) is 5.92 Å². The molecule has 74 valence electrons. The van der Waals surface area contributed by atoms with Crippen molar-refractivity contribution < 1.29 is 9.52 Å². The first-order valence-corrected chi connectivity index (χ1v) is 4.94. The van der Waals surface area contributed by atoms with Crippen LogP contribution in [-0.2, 0) is 6.42 Å². The van der Waals surface area contributed by atoms with Crippen LogP contribution in [0, 0.1) is 5.92 Å². The van der Waals surface area contributed by atoms with Gasteiger partial charge >= 0.3 is 0 Å². The molecule has 0 saturated heterocycles. The molecule has 1 N–H and O–H groups in total. The van der Waals surface area contributed by atoms with Gasteiger partial charge in [-0.1, -0.05) is 20.3 Å². The molecule has 2 atom stereocenters. The summed E-state index contributed by atoms with van der Waals surface area (Å²) in [5.41, 5.74) is 0. The van der Waals surface area contributed by atoms with E-state index in [0.29, 0.717) is 5.92 Å². The maximum atomic E-state index is 9.67. The van der Waals surface area contributed by atoms with Gasteiger partial charge in [0.05, 0.1) is 12.4 Å². The molecule has 0 radical (unpaired) electrons. The van der Waals surface area contributed by atoms with Gasteiger partial charge in [-0.3, -0.25) is 0 Å². The lowest BCUT2D eigenvalue weighted by Gasteiger charge is -2.15. The highest BCUT2D eigenvalue weighted by Gasteiger charge is 2.12. The zero-order valence-corrected chi connectivity index (χ0v) is 8.36. The molecule has 0 aliphatic carbocycles. The van der Waals surface area contributed by atoms with Crippen LogP contribution in [-0.4, -0.2) is 11.2 Å². The Morgan fingerprint density at radius 3 is 2.85 bits per heavy atom. The second-order valence-electron chi connectivity index (χ2n) is 3.57. The summed E-state index contributed by atoms with van der Waals surface area (Å²) in [6.07, 6.45) is 4.13. The number of rotatable bonds is 5. The average Bonchev–Trinajstić information content (AvgIpc) is 2.65. The van der Waals surface area contributed by atoms with Crippen LogP contribution in [0.15, 0.2) is 22.8 Å². The van der Waals surface area contributed by atoms with Gasteiger partial charge in [0.25, 0.3) is 0 Å². The van der Waals surface area contributed by atoms with Crippen molar-refractivity contribution in [2.45, 2.75) is 39.2 Å². The molecular weight excluding hydrogens is 164 g/mol. The summed E-state index contributed by atoms with van der Waals surface area (Å²) >= 11 is 0. The third kappa shape index (κ3) is 3.23. The van der Waals surface area contributed by atoms with Crippen molar-refractivity contribution in [3.8, 4) is 0 Å². The number of aliphatic hydroxyl groups excluding tert-OH is 1. The quantitative estimate of drug-likeness (QED) is 0.759. The molecular formula is C11H18O2. The minimum atomic E-state index is -0.199. The van der Waals surface area contributed by atoms with E-state index in [4.69, 9.17) is 4.42 Å². The molecule has 1 aromatic rings. The van der Waals surface area contributed by atoms with Crippen LogP contribution in [0.1, 0.15) is 32.4 Å². The van der Waals surface area contributed by atoms with Gasteiger partial charge in [0, 0.05) is 6.42 Å². The van der Waals surface area contributed by atoms with E-state index in [1.54, 1.807) is 6.26 Å². The SMILES string of the molecule is CCC(C)C(O)CCc1ccco1. The molecule has 0 aliphatic heterocycles. The molecule has 1 aromatic heterocycles. The summed E-state index contributed by atoms with van der Waals surface area (Å²) < 4.78 is 5.19. The van der Waals surface area contributed by atoms with E-state index < -0.39 is 0 Å². The van der Waals surface area contributed by atoms with E-state index in [2.05, 4.69) is 13.8 Å². The fraction of sp³-hybridized carbons (Fsp3) is 0.636. The molecule has 2 nitrogen and oxygen atoms in total. The summed E-state index contributed by atoms with van der Waals surface area (Å²) in [4.78, 5) is 0. The summed E-state index contributed by atoms with van der Waals surface area (Å²) in [6.45, 7) is 4.17. The topological polar surface area (TPSA) is 33.4 Å². The van der Waals surface area contributed by atoms with E-state index in [1.807, 2.05) is 12.1 Å². The van der Waals surface area contributed by atoms with Crippen LogP contribution in [0.3, 0.4) is 0 Å². The maximum Gasteiger partial charge on any atom is 0.103 e. The van der Waals surface area contributed by atoms with Crippen molar-refractivity contribution in [1.82, 2.24) is 0 Å². The van der Waals surface area contributed by atoms with Gasteiger partial charge in [-0.05, 0) is 24.5 Å². The predicted molar refractivity (Wildman–Crippen MR) is 52.5 cm³/mol. The molecule has 0 fully saturated rings. The third-order valence-corrected chi connectivity index (χ3v) is 2.57. The van der Waals surface area contributed by atoms with Crippen molar-refractivity contribution >= 4 is 0 Å². The highest BCUT2D eigenvalue weighted by Crippen LogP contribution is 2.14. The maximum absolute atomic E-state index is 9.67. The van der Waals surface area contributed by atoms with Gasteiger partial charge in [-0.2, -0.15) is 0 Å². The third-order valence-electron chi connectivity index (χ3n) is 2.57. The Labute approximate surface area is 79.6 Å². The fourth-order valence-corrected chi connectivity index (χ4v) is 1.30. The zero-order valence-electron chi connectivity index (χ0n) is 8.36. The molecule has 1 heterocycles. The highest BCUT2D eigenvalue weighted by atomic mass is 16.3. The minimum Gasteiger partial charge on any atom is -0.469 e. The van der Waals surface area contributed by atoms with Gasteiger partial charge in [0.1, 0.15) is 5.76 Å². The van der Waals surface area contributed by atoms with Crippen LogP contribution in [0.25, 0.3) is 0 Å². The van der Waals surface area contributed by atoms with Crippen molar-refractivity contribution in [3.05, 3.63) is 24.2 Å². The first-order valence-electron chi connectivity index (χ1n) is 4.94. The first-order chi connectivity index (χ1) is 6.24. The fourth-order valence-electron chi connectivity index (χ4n) is 1.30. The highest BCUT2D eigenvalue weighted by molar-refractivity contribution is 4.98. The lowest BCUT2D eigenvalue weighted by atomic mass is 9.97. The molecule has 1 rings (SSSR count). The Balaban J connectivity index is 2.26. The molecule has 2 heteroatoms. The first kappa shape index (κ1) is 10.3. The number of aryl methyl sites for hydroxylation is 1. The smallest absolute Gasteiger partial charge is 0.103 e. The average molecular weight is 182 g/mol. The van der Waals surface area contributed by atoms with Crippen LogP contribution in [0.4, 0.5) is 0 Å². The molecule has 13 heavy (non-hydrogen) atoms. The van der Waals surface area contributed by atoms with Gasteiger partial charge in [-0.25, -0.2) is 0 Å². The number of hydrogen-bond donors (Lipinski definition) is 1. The minimum absolute atomic E-state index is 0.199. The van der Waals surface area contributed by atoms with Gasteiger partial charge in [-0.15, -0.1) is 0 Å². The molecule has 0 saturated carbocycles. The van der Waals surface area contributed by atoms with E-state index in [9.17, 15) is 5.11 Å². The lowest BCUT2D eigenvalue weighted by Crippen LogP contribution is -2.17. The number of aliphatic hydroxyl groups is 1. The zero-order chi connectivity index (χ0) is 9.68. The van der Waals surface area contributed by atoms with Crippen molar-refractivity contribution in [2.75, 3.05) is 0 Å². The van der Waals surface area contributed by atoms with E-state index in [1.165, 1.54) is 0 Å². The Morgan fingerprint density at radius 1 is 1.54 bits per heavy atom. The Hall–Kier alpha value is -0.760. The van der Waals surface area contributed by atoms with Crippen LogP contribution in [0.2, 0.25) is 0 Å². The van der Waals surface area contributed by atoms with Crippen LogP contribution >= 0.6 is 0 Å². The number of furan rings is 1. The lowest BCUT2D eigenvalue weighted by molar-refractivity contribution is 0.104. The summed E-state index contributed by atoms with van der Waals surface area (Å²) in [7, 11) is 0. The van der Waals surface area contributed by atoms with Gasteiger partial charge in [0.15, 0.2) is 0 Å². The molecule has 0 aromatic carbocycles. The van der Waals surface area contributed by atoms with Crippen LogP contribution in [0.5, 0.6) is 0 Å². The standard InChI is InChI=1S/C11H18O2/c1-3-9(2)11(12)7-6-10-5-4-8-13-10/h4-5,8-9,11-12H,3,6-7H2,1-2H3. The Morgan fingerprint density at radius 2 is 2.31 bits per heavy atom. The van der Waals surface area contributed by atoms with Gasteiger partial charge in [0.2, 0.25) is 0 Å². The molecule has 0 spiro atoms. The van der Waals surface area contributed by atoms with Crippen LogP contribution < -0.4 is 0 Å². The van der Waals surface area contributed by atoms with Crippen molar-refractivity contribution in [3.63, 3.8) is 0 Å². The summed E-state index contributed by atoms with van der Waals surface area (Å²) in [5.74, 6) is 1.34. The molecule has 0 amide bonds. The van der Waals surface area contributed by atoms with E-state index in [-0.39, 0.29) is 6.10 Å². The van der Waals surface area contributed by atoms with Gasteiger partial charge < -0.3 is 9.52 Å².